The highest BCUT2D eigenvalue weighted by Crippen LogP contribution is 2.44. The molecule has 0 radical (unpaired) electrons. The molecule has 0 N–H and O–H groups in total. The van der Waals surface area contributed by atoms with Crippen molar-refractivity contribution >= 4 is 28.8 Å². The first-order valence-electron chi connectivity index (χ1n) is 14.5. The topological polar surface area (TPSA) is 108 Å². The van der Waals surface area contributed by atoms with Crippen molar-refractivity contribution in [2.24, 2.45) is 0 Å². The van der Waals surface area contributed by atoms with Crippen molar-refractivity contribution in [3.05, 3.63) is 121 Å². The smallest absolute Gasteiger partial charge is 0.318 e. The Balaban J connectivity index is 1.32. The van der Waals surface area contributed by atoms with Gasteiger partial charge in [0.25, 0.3) is 5.69 Å². The van der Waals surface area contributed by atoms with Crippen molar-refractivity contribution < 1.29 is 23.9 Å². The molecule has 3 aliphatic rings. The van der Waals surface area contributed by atoms with E-state index < -0.39 is 15.5 Å². The molecule has 2 aliphatic heterocycles. The van der Waals surface area contributed by atoms with Crippen molar-refractivity contribution in [3.8, 4) is 17.2 Å². The third kappa shape index (κ3) is 5.11. The lowest BCUT2D eigenvalue weighted by molar-refractivity contribution is -0.437. The Morgan fingerprint density at radius 3 is 2.58 bits per heavy atom. The zero-order valence-electron chi connectivity index (χ0n) is 24.3. The maximum Gasteiger partial charge on any atom is 0.318 e. The summed E-state index contributed by atoms with van der Waals surface area (Å²) in [4.78, 5) is 21.3. The number of fused-ring (bicyclic) bond motifs is 3. The fourth-order valence-corrected chi connectivity index (χ4v) is 6.17. The molecule has 0 spiro atoms. The van der Waals surface area contributed by atoms with Gasteiger partial charge in [0.1, 0.15) is 23.8 Å². The highest BCUT2D eigenvalue weighted by atomic mass is 16.6. The van der Waals surface area contributed by atoms with Gasteiger partial charge in [0, 0.05) is 41.8 Å². The summed E-state index contributed by atoms with van der Waals surface area (Å²) in [7, 11) is 0. The second-order valence-electron chi connectivity index (χ2n) is 11.5. The van der Waals surface area contributed by atoms with Gasteiger partial charge in [-0.15, -0.1) is 0 Å². The second-order valence-corrected chi connectivity index (χ2v) is 11.5. The molecule has 0 saturated heterocycles. The number of hydrogen-bond donors (Lipinski definition) is 0. The van der Waals surface area contributed by atoms with Crippen LogP contribution in [0, 0.1) is 20.2 Å². The van der Waals surface area contributed by atoms with E-state index in [0.29, 0.717) is 11.5 Å². The molecule has 0 unspecified atom stereocenters. The molecule has 0 saturated carbocycles. The minimum atomic E-state index is -0.693. The van der Waals surface area contributed by atoms with Crippen LogP contribution >= 0.6 is 0 Å². The van der Waals surface area contributed by atoms with E-state index >= 15 is 0 Å². The highest BCUT2D eigenvalue weighted by Gasteiger charge is 2.43. The Bertz CT molecular complexity index is 1800. The number of rotatable bonds is 8. The summed E-state index contributed by atoms with van der Waals surface area (Å²) in [6.07, 6.45) is 10.4. The number of nitro groups is 2. The first-order valence-corrected chi connectivity index (χ1v) is 14.5. The van der Waals surface area contributed by atoms with Gasteiger partial charge >= 0.3 is 5.69 Å². The maximum atomic E-state index is 11.6. The summed E-state index contributed by atoms with van der Waals surface area (Å²) in [5.41, 5.74) is 6.02. The van der Waals surface area contributed by atoms with Crippen LogP contribution in [-0.2, 0) is 5.41 Å². The zero-order valence-corrected chi connectivity index (χ0v) is 24.3. The Hall–Kier alpha value is -5.05. The lowest BCUT2D eigenvalue weighted by Crippen LogP contribution is -2.28. The van der Waals surface area contributed by atoms with Gasteiger partial charge in [-0.2, -0.15) is 4.58 Å². The molecule has 0 amide bonds. The van der Waals surface area contributed by atoms with E-state index in [9.17, 15) is 20.2 Å². The Labute approximate surface area is 249 Å². The third-order valence-electron chi connectivity index (χ3n) is 8.27. The Kier molecular flexibility index (Phi) is 7.17. The standard InChI is InChI=1S/C34H32N3O6/c1-4-18-35-28-11-6-5-10-27(28)34(2,3)32(35)17-13-22-8-7-9-24-19-23-12-15-26(21-31(23)43-33(22)24)42-30-16-14-25(36(38)39)20-29(30)37(40)41/h5-6,10-17,19-21H,4,7-9,18H2,1-3H3/q+1/b17-13-. The lowest BCUT2D eigenvalue weighted by atomic mass is 9.81. The van der Waals surface area contributed by atoms with Gasteiger partial charge in [-0.25, -0.2) is 0 Å². The van der Waals surface area contributed by atoms with Gasteiger partial charge in [0.15, 0.2) is 5.71 Å². The quantitative estimate of drug-likeness (QED) is 0.151. The Morgan fingerprint density at radius 1 is 1.00 bits per heavy atom. The van der Waals surface area contributed by atoms with E-state index in [1.807, 2.05) is 6.07 Å². The summed E-state index contributed by atoms with van der Waals surface area (Å²) >= 11 is 0. The predicted octanol–water partition coefficient (Wildman–Crippen LogP) is 8.55. The van der Waals surface area contributed by atoms with E-state index in [2.05, 4.69) is 67.8 Å². The number of para-hydroxylation sites is 1. The van der Waals surface area contributed by atoms with Gasteiger partial charge in [0.05, 0.1) is 21.3 Å². The van der Waals surface area contributed by atoms with Crippen LogP contribution < -0.4 is 9.47 Å². The largest absolute Gasteiger partial charge is 0.456 e. The third-order valence-corrected chi connectivity index (χ3v) is 8.27. The fraction of sp³-hybridized carbons (Fsp3) is 0.265. The number of hydrogen-bond acceptors (Lipinski definition) is 6. The number of nitrogens with zero attached hydrogens (tertiary/aromatic N) is 3. The summed E-state index contributed by atoms with van der Waals surface area (Å²) in [5.74, 6) is 1.67. The van der Waals surface area contributed by atoms with Crippen molar-refractivity contribution in [3.63, 3.8) is 0 Å². The van der Waals surface area contributed by atoms with Crippen molar-refractivity contribution in [1.82, 2.24) is 0 Å². The monoisotopic (exact) mass is 578 g/mol. The number of benzene rings is 3. The van der Waals surface area contributed by atoms with Crippen LogP contribution in [0.3, 0.4) is 0 Å². The van der Waals surface area contributed by atoms with E-state index in [4.69, 9.17) is 9.47 Å². The van der Waals surface area contributed by atoms with Crippen LogP contribution in [0.25, 0.3) is 6.08 Å². The molecule has 9 nitrogen and oxygen atoms in total. The van der Waals surface area contributed by atoms with E-state index in [1.165, 1.54) is 29.1 Å². The van der Waals surface area contributed by atoms with Crippen LogP contribution in [0.2, 0.25) is 0 Å². The molecule has 43 heavy (non-hydrogen) atoms. The number of non-ortho nitro benzene ring substituents is 1. The molecule has 2 heterocycles. The molecule has 0 atom stereocenters. The van der Waals surface area contributed by atoms with Gasteiger partial charge in [-0.1, -0.05) is 25.1 Å². The first-order chi connectivity index (χ1) is 20.7. The maximum absolute atomic E-state index is 11.6. The van der Waals surface area contributed by atoms with Crippen molar-refractivity contribution in [1.29, 1.82) is 0 Å². The van der Waals surface area contributed by atoms with Gasteiger partial charge in [0.2, 0.25) is 11.4 Å². The minimum absolute atomic E-state index is 0.0862. The number of allylic oxidation sites excluding steroid dienone is 4. The van der Waals surface area contributed by atoms with Crippen molar-refractivity contribution in [2.75, 3.05) is 6.54 Å². The molecule has 1 aliphatic carbocycles. The second kappa shape index (κ2) is 11.0. The average Bonchev–Trinajstić information content (AvgIpc) is 3.20. The fourth-order valence-electron chi connectivity index (χ4n) is 6.17. The van der Waals surface area contributed by atoms with Gasteiger partial charge in [-0.3, -0.25) is 20.2 Å². The van der Waals surface area contributed by atoms with Crippen molar-refractivity contribution in [2.45, 2.75) is 51.9 Å². The molecule has 218 valence electrons. The molecular formula is C34H32N3O6+. The van der Waals surface area contributed by atoms with E-state index in [1.54, 1.807) is 12.1 Å². The Morgan fingerprint density at radius 2 is 1.81 bits per heavy atom. The summed E-state index contributed by atoms with van der Waals surface area (Å²) in [6, 6.07) is 17.2. The van der Waals surface area contributed by atoms with E-state index in [-0.39, 0.29) is 16.9 Å². The number of ether oxygens (including phenoxy) is 2. The molecular weight excluding hydrogens is 546 g/mol. The van der Waals surface area contributed by atoms with Crippen LogP contribution in [0.1, 0.15) is 57.6 Å². The van der Waals surface area contributed by atoms with Gasteiger partial charge < -0.3 is 9.47 Å². The van der Waals surface area contributed by atoms with Crippen LogP contribution in [0.5, 0.6) is 17.2 Å². The summed E-state index contributed by atoms with van der Waals surface area (Å²) in [5, 5.41) is 22.7. The van der Waals surface area contributed by atoms with Crippen LogP contribution in [-0.4, -0.2) is 26.7 Å². The lowest BCUT2D eigenvalue weighted by Gasteiger charge is -2.27. The normalized spacial score (nSPS) is 16.8. The SMILES string of the molecule is CCC[N+]1=C(/C=C\C2=C3Oc4cc(Oc5ccc([N+](=O)[O-])cc5[N+](=O)[O-])ccc4C=C3CCC2)C(C)(C)c2ccccc21. The zero-order chi connectivity index (χ0) is 30.3. The molecule has 0 fully saturated rings. The predicted molar refractivity (Wildman–Crippen MR) is 164 cm³/mol. The summed E-state index contributed by atoms with van der Waals surface area (Å²) < 4.78 is 14.8. The minimum Gasteiger partial charge on any atom is -0.456 e. The first kappa shape index (κ1) is 28.1. The van der Waals surface area contributed by atoms with Crippen LogP contribution in [0.4, 0.5) is 17.1 Å². The average molecular weight is 579 g/mol. The van der Waals surface area contributed by atoms with Crippen LogP contribution in [0.15, 0.2) is 89.7 Å². The van der Waals surface area contributed by atoms with E-state index in [0.717, 1.165) is 60.8 Å². The molecule has 0 aromatic heterocycles. The number of nitro benzene ring substituents is 2. The molecule has 3 aromatic carbocycles. The summed E-state index contributed by atoms with van der Waals surface area (Å²) in [6.45, 7) is 7.69. The highest BCUT2D eigenvalue weighted by molar-refractivity contribution is 6.03. The molecule has 0 bridgehead atoms. The van der Waals surface area contributed by atoms with Gasteiger partial charge in [-0.05, 0) is 74.6 Å². The molecule has 9 heteroatoms. The molecule has 3 aromatic rings. The molecule has 6 rings (SSSR count).